The molecule has 0 saturated heterocycles. The first-order chi connectivity index (χ1) is 21.3. The zero-order valence-electron chi connectivity index (χ0n) is 23.3. The molecule has 43 heavy (non-hydrogen) atoms. The lowest BCUT2D eigenvalue weighted by Crippen LogP contribution is -2.32. The molecule has 0 aliphatic carbocycles. The van der Waals surface area contributed by atoms with Gasteiger partial charge in [0.15, 0.2) is 0 Å². The summed E-state index contributed by atoms with van der Waals surface area (Å²) < 4.78 is 2.39. The second-order valence-corrected chi connectivity index (χ2v) is 11.6. The van der Waals surface area contributed by atoms with E-state index in [1.807, 2.05) is 23.8 Å². The second kappa shape index (κ2) is 10.5. The first kappa shape index (κ1) is 25.4. The monoisotopic (exact) mass is 569 g/mol. The Morgan fingerprint density at radius 1 is 0.512 bits per heavy atom. The summed E-state index contributed by atoms with van der Waals surface area (Å²) >= 11 is 1.66. The molecule has 8 aromatic rings. The average Bonchev–Trinajstić information content (AvgIpc) is 3.74. The van der Waals surface area contributed by atoms with Crippen molar-refractivity contribution in [3.05, 3.63) is 186 Å². The van der Waals surface area contributed by atoms with Crippen LogP contribution in [0.5, 0.6) is 0 Å². The standard InChI is InChI=1S/C39H27N3S/c1-3-13-29(14-4-1)39(30-15-5-2-6-16-30,37-20-9-10-23-40-37)31-21-22-34-33-18-7-8-19-35(33)42(36(34)27-31)32-17-11-12-28(26-32)38-41-24-25-43-38/h1-27H. The Balaban J connectivity index is 1.47. The number of nitrogens with zero attached hydrogens (tertiary/aromatic N) is 3. The molecule has 0 saturated carbocycles. The highest BCUT2D eigenvalue weighted by atomic mass is 32.1. The maximum absolute atomic E-state index is 5.01. The molecular weight excluding hydrogens is 543 g/mol. The minimum absolute atomic E-state index is 0.623. The molecular formula is C39H27N3S. The van der Waals surface area contributed by atoms with Crippen molar-refractivity contribution in [2.75, 3.05) is 0 Å². The molecule has 0 radical (unpaired) electrons. The van der Waals surface area contributed by atoms with Gasteiger partial charge >= 0.3 is 0 Å². The maximum atomic E-state index is 5.01. The molecule has 5 aromatic carbocycles. The van der Waals surface area contributed by atoms with E-state index in [0.29, 0.717) is 0 Å². The molecule has 3 heterocycles. The summed E-state index contributed by atoms with van der Waals surface area (Å²) in [5.41, 5.74) is 8.43. The van der Waals surface area contributed by atoms with Gasteiger partial charge in [0.1, 0.15) is 5.01 Å². The Labute approximate surface area is 254 Å². The molecule has 8 rings (SSSR count). The third-order valence-electron chi connectivity index (χ3n) is 8.35. The quantitative estimate of drug-likeness (QED) is 0.187. The number of pyridine rings is 1. The first-order valence-corrected chi connectivity index (χ1v) is 15.3. The lowest BCUT2D eigenvalue weighted by Gasteiger charge is -2.35. The van der Waals surface area contributed by atoms with Crippen LogP contribution in [0.4, 0.5) is 0 Å². The predicted octanol–water partition coefficient (Wildman–Crippen LogP) is 9.68. The van der Waals surface area contributed by atoms with E-state index in [1.165, 1.54) is 27.4 Å². The molecule has 3 nitrogen and oxygen atoms in total. The van der Waals surface area contributed by atoms with E-state index in [9.17, 15) is 0 Å². The minimum atomic E-state index is -0.623. The molecule has 0 fully saturated rings. The van der Waals surface area contributed by atoms with Gasteiger partial charge in [-0.15, -0.1) is 11.3 Å². The number of para-hydroxylation sites is 1. The minimum Gasteiger partial charge on any atom is -0.309 e. The van der Waals surface area contributed by atoms with Crippen LogP contribution >= 0.6 is 11.3 Å². The van der Waals surface area contributed by atoms with Crippen molar-refractivity contribution in [2.45, 2.75) is 5.41 Å². The van der Waals surface area contributed by atoms with E-state index in [0.717, 1.165) is 33.0 Å². The van der Waals surface area contributed by atoms with Gasteiger partial charge in [-0.3, -0.25) is 4.98 Å². The van der Waals surface area contributed by atoms with Crippen LogP contribution in [0, 0.1) is 0 Å². The molecule has 0 aliphatic heterocycles. The van der Waals surface area contributed by atoms with Gasteiger partial charge < -0.3 is 4.57 Å². The van der Waals surface area contributed by atoms with E-state index >= 15 is 0 Å². The van der Waals surface area contributed by atoms with Crippen LogP contribution in [0.15, 0.2) is 163 Å². The SMILES string of the molecule is c1ccc(C(c2ccccc2)(c2ccc3c4ccccc4n(-c4cccc(-c5nccs5)c4)c3c2)c2ccccn2)cc1. The Hall–Kier alpha value is -5.32. The predicted molar refractivity (Wildman–Crippen MR) is 178 cm³/mol. The van der Waals surface area contributed by atoms with Crippen LogP contribution in [0.1, 0.15) is 22.4 Å². The van der Waals surface area contributed by atoms with Gasteiger partial charge in [0.2, 0.25) is 0 Å². The molecule has 0 amide bonds. The second-order valence-electron chi connectivity index (χ2n) is 10.7. The van der Waals surface area contributed by atoms with Gasteiger partial charge in [-0.25, -0.2) is 4.98 Å². The van der Waals surface area contributed by atoms with Gasteiger partial charge in [-0.1, -0.05) is 109 Å². The summed E-state index contributed by atoms with van der Waals surface area (Å²) in [6.45, 7) is 0. The third-order valence-corrected chi connectivity index (χ3v) is 9.18. The highest BCUT2D eigenvalue weighted by molar-refractivity contribution is 7.13. The summed E-state index contributed by atoms with van der Waals surface area (Å²) in [7, 11) is 0. The largest absolute Gasteiger partial charge is 0.309 e. The fourth-order valence-corrected chi connectivity index (χ4v) is 7.17. The van der Waals surface area contributed by atoms with Crippen LogP contribution in [0.25, 0.3) is 38.1 Å². The van der Waals surface area contributed by atoms with Crippen LogP contribution in [-0.2, 0) is 5.41 Å². The number of aromatic nitrogens is 3. The number of hydrogen-bond acceptors (Lipinski definition) is 3. The van der Waals surface area contributed by atoms with E-state index in [4.69, 9.17) is 4.98 Å². The molecule has 0 aliphatic rings. The summed E-state index contributed by atoms with van der Waals surface area (Å²) in [5, 5.41) is 5.49. The van der Waals surface area contributed by atoms with Gasteiger partial charge in [0.05, 0.1) is 22.1 Å². The van der Waals surface area contributed by atoms with Crippen LogP contribution in [0.2, 0.25) is 0 Å². The Bertz CT molecular complexity index is 2070. The van der Waals surface area contributed by atoms with Crippen molar-refractivity contribution in [1.82, 2.24) is 14.5 Å². The summed E-state index contributed by atoms with van der Waals surface area (Å²) in [6.07, 6.45) is 3.76. The molecule has 204 valence electrons. The summed E-state index contributed by atoms with van der Waals surface area (Å²) in [4.78, 5) is 9.59. The number of benzene rings is 5. The average molecular weight is 570 g/mol. The highest BCUT2D eigenvalue weighted by Crippen LogP contribution is 2.46. The fourth-order valence-electron chi connectivity index (χ4n) is 6.53. The molecule has 0 spiro atoms. The zero-order valence-corrected chi connectivity index (χ0v) is 24.2. The van der Waals surface area contributed by atoms with Gasteiger partial charge in [-0.05, 0) is 53.1 Å². The smallest absolute Gasteiger partial charge is 0.123 e. The molecule has 0 unspecified atom stereocenters. The van der Waals surface area contributed by atoms with Gasteiger partial charge in [0, 0.05) is 39.8 Å². The third kappa shape index (κ3) is 4.10. The normalized spacial score (nSPS) is 11.7. The zero-order chi connectivity index (χ0) is 28.6. The van der Waals surface area contributed by atoms with Crippen molar-refractivity contribution >= 4 is 33.1 Å². The van der Waals surface area contributed by atoms with E-state index in [2.05, 4.69) is 149 Å². The van der Waals surface area contributed by atoms with E-state index in [1.54, 1.807) is 11.3 Å². The molecule has 0 N–H and O–H groups in total. The summed E-state index contributed by atoms with van der Waals surface area (Å²) in [5.74, 6) is 0. The van der Waals surface area contributed by atoms with E-state index < -0.39 is 5.41 Å². The van der Waals surface area contributed by atoms with Crippen molar-refractivity contribution in [3.63, 3.8) is 0 Å². The van der Waals surface area contributed by atoms with Crippen molar-refractivity contribution in [3.8, 4) is 16.3 Å². The van der Waals surface area contributed by atoms with Crippen LogP contribution < -0.4 is 0 Å². The van der Waals surface area contributed by atoms with Crippen molar-refractivity contribution in [2.24, 2.45) is 0 Å². The Morgan fingerprint density at radius 2 is 1.23 bits per heavy atom. The lowest BCUT2D eigenvalue weighted by atomic mass is 9.67. The van der Waals surface area contributed by atoms with Crippen LogP contribution in [-0.4, -0.2) is 14.5 Å². The Kier molecular flexibility index (Phi) is 6.20. The topological polar surface area (TPSA) is 30.7 Å². The van der Waals surface area contributed by atoms with E-state index in [-0.39, 0.29) is 0 Å². The molecule has 0 bridgehead atoms. The van der Waals surface area contributed by atoms with Crippen molar-refractivity contribution < 1.29 is 0 Å². The van der Waals surface area contributed by atoms with Crippen molar-refractivity contribution in [1.29, 1.82) is 0 Å². The highest BCUT2D eigenvalue weighted by Gasteiger charge is 2.40. The number of hydrogen-bond donors (Lipinski definition) is 0. The van der Waals surface area contributed by atoms with Gasteiger partial charge in [-0.2, -0.15) is 0 Å². The lowest BCUT2D eigenvalue weighted by molar-refractivity contribution is 0.715. The maximum Gasteiger partial charge on any atom is 0.123 e. The Morgan fingerprint density at radius 3 is 1.95 bits per heavy atom. The molecule has 3 aromatic heterocycles. The molecule has 0 atom stereocenters. The summed E-state index contributed by atoms with van der Waals surface area (Å²) in [6, 6.07) is 52.1. The number of thiazole rings is 1. The molecule has 4 heteroatoms. The number of rotatable bonds is 6. The number of fused-ring (bicyclic) bond motifs is 3. The van der Waals surface area contributed by atoms with Crippen LogP contribution in [0.3, 0.4) is 0 Å². The fraction of sp³-hybridized carbons (Fsp3) is 0.0256. The first-order valence-electron chi connectivity index (χ1n) is 14.4. The van der Waals surface area contributed by atoms with Gasteiger partial charge in [0.25, 0.3) is 0 Å².